The van der Waals surface area contributed by atoms with Crippen LogP contribution in [0.2, 0.25) is 0 Å². The molecule has 5 heteroatoms. The van der Waals surface area contributed by atoms with Gasteiger partial charge in [0.15, 0.2) is 0 Å². The predicted molar refractivity (Wildman–Crippen MR) is 190 cm³/mol. The number of aliphatic hydroxyl groups is 3. The smallest absolute Gasteiger partial charge is 0.249 e. The highest BCUT2D eigenvalue weighted by atomic mass is 16.3. The van der Waals surface area contributed by atoms with Gasteiger partial charge < -0.3 is 20.6 Å². The molecule has 0 aromatic carbocycles. The Morgan fingerprint density at radius 1 is 0.545 bits per heavy atom. The van der Waals surface area contributed by atoms with E-state index in [9.17, 15) is 20.1 Å². The van der Waals surface area contributed by atoms with Crippen molar-refractivity contribution in [1.29, 1.82) is 0 Å². The first-order chi connectivity index (χ1) is 21.6. The number of carbonyl (C=O) groups is 1. The molecule has 44 heavy (non-hydrogen) atoms. The maximum atomic E-state index is 12.3. The highest BCUT2D eigenvalue weighted by Gasteiger charge is 2.22. The molecular formula is C39H71NO4. The van der Waals surface area contributed by atoms with Gasteiger partial charge in [-0.25, -0.2) is 0 Å². The zero-order valence-corrected chi connectivity index (χ0v) is 28.8. The molecule has 3 atom stereocenters. The zero-order valence-electron chi connectivity index (χ0n) is 28.8. The van der Waals surface area contributed by atoms with E-state index in [-0.39, 0.29) is 6.61 Å². The van der Waals surface area contributed by atoms with Crippen molar-refractivity contribution < 1.29 is 20.1 Å². The molecule has 1 amide bonds. The van der Waals surface area contributed by atoms with Crippen LogP contribution in [-0.2, 0) is 4.79 Å². The van der Waals surface area contributed by atoms with E-state index in [0.29, 0.717) is 6.42 Å². The third-order valence-corrected chi connectivity index (χ3v) is 8.12. The zero-order chi connectivity index (χ0) is 32.4. The van der Waals surface area contributed by atoms with E-state index in [1.807, 2.05) is 6.08 Å². The first-order valence-electron chi connectivity index (χ1n) is 18.5. The molecule has 3 unspecified atom stereocenters. The number of hydrogen-bond donors (Lipinski definition) is 4. The molecule has 0 spiro atoms. The summed E-state index contributed by atoms with van der Waals surface area (Å²) in [6.45, 7) is 4.10. The molecule has 0 aliphatic heterocycles. The van der Waals surface area contributed by atoms with E-state index in [4.69, 9.17) is 0 Å². The van der Waals surface area contributed by atoms with E-state index in [1.54, 1.807) is 6.08 Å². The van der Waals surface area contributed by atoms with E-state index >= 15 is 0 Å². The minimum absolute atomic E-state index is 0.386. The summed E-state index contributed by atoms with van der Waals surface area (Å²) in [5.41, 5.74) is 0. The van der Waals surface area contributed by atoms with Gasteiger partial charge in [0, 0.05) is 0 Å². The van der Waals surface area contributed by atoms with Crippen LogP contribution in [0.1, 0.15) is 168 Å². The Kier molecular flexibility index (Phi) is 32.9. The van der Waals surface area contributed by atoms with Crippen molar-refractivity contribution in [3.8, 4) is 0 Å². The highest BCUT2D eigenvalue weighted by Crippen LogP contribution is 2.12. The number of amides is 1. The Bertz CT molecular complexity index is 730. The van der Waals surface area contributed by atoms with Gasteiger partial charge in [-0.3, -0.25) is 4.79 Å². The van der Waals surface area contributed by atoms with Gasteiger partial charge in [0.2, 0.25) is 5.91 Å². The van der Waals surface area contributed by atoms with Gasteiger partial charge in [0.25, 0.3) is 0 Å². The summed E-state index contributed by atoms with van der Waals surface area (Å²) in [7, 11) is 0. The lowest BCUT2D eigenvalue weighted by Crippen LogP contribution is -2.48. The Balaban J connectivity index is 3.85. The quantitative estimate of drug-likeness (QED) is 0.0447. The normalized spacial score (nSPS) is 14.4. The molecule has 0 aliphatic rings. The molecule has 5 nitrogen and oxygen atoms in total. The fourth-order valence-corrected chi connectivity index (χ4v) is 5.15. The molecule has 0 aromatic heterocycles. The molecule has 0 aliphatic carbocycles. The van der Waals surface area contributed by atoms with Gasteiger partial charge >= 0.3 is 0 Å². The van der Waals surface area contributed by atoms with Crippen LogP contribution in [0.3, 0.4) is 0 Å². The fourth-order valence-electron chi connectivity index (χ4n) is 5.15. The van der Waals surface area contributed by atoms with Crippen molar-refractivity contribution in [2.75, 3.05) is 6.61 Å². The topological polar surface area (TPSA) is 89.8 Å². The molecular weight excluding hydrogens is 546 g/mol. The summed E-state index contributed by atoms with van der Waals surface area (Å²) >= 11 is 0. The minimum Gasteiger partial charge on any atom is -0.394 e. The Morgan fingerprint density at radius 3 is 1.43 bits per heavy atom. The molecule has 0 fully saturated rings. The number of aliphatic hydroxyl groups excluding tert-OH is 3. The summed E-state index contributed by atoms with van der Waals surface area (Å²) in [6, 6.07) is -0.824. The maximum absolute atomic E-state index is 12.3. The number of carbonyl (C=O) groups excluding carboxylic acids is 1. The van der Waals surface area contributed by atoms with Crippen molar-refractivity contribution in [2.45, 2.75) is 186 Å². The molecule has 0 rings (SSSR count). The number of nitrogens with one attached hydrogen (secondary N) is 1. The summed E-state index contributed by atoms with van der Waals surface area (Å²) in [5.74, 6) is -0.531. The second kappa shape index (κ2) is 34.2. The van der Waals surface area contributed by atoms with Crippen molar-refractivity contribution in [3.05, 3.63) is 48.6 Å². The molecule has 0 heterocycles. The van der Waals surface area contributed by atoms with Gasteiger partial charge in [0.1, 0.15) is 6.10 Å². The summed E-state index contributed by atoms with van der Waals surface area (Å²) in [4.78, 5) is 12.3. The van der Waals surface area contributed by atoms with Crippen molar-refractivity contribution >= 4 is 5.91 Å². The van der Waals surface area contributed by atoms with E-state index in [1.165, 1.54) is 89.9 Å². The lowest BCUT2D eigenvalue weighted by molar-refractivity contribution is -0.131. The third kappa shape index (κ3) is 29.0. The molecule has 0 aromatic rings. The van der Waals surface area contributed by atoms with Crippen LogP contribution < -0.4 is 5.32 Å². The monoisotopic (exact) mass is 618 g/mol. The van der Waals surface area contributed by atoms with Crippen molar-refractivity contribution in [3.63, 3.8) is 0 Å². The van der Waals surface area contributed by atoms with Gasteiger partial charge in [-0.1, -0.05) is 146 Å². The third-order valence-electron chi connectivity index (χ3n) is 8.12. The average molecular weight is 618 g/mol. The first-order valence-corrected chi connectivity index (χ1v) is 18.5. The molecule has 4 N–H and O–H groups in total. The van der Waals surface area contributed by atoms with Crippen molar-refractivity contribution in [2.24, 2.45) is 0 Å². The van der Waals surface area contributed by atoms with E-state index in [2.05, 4.69) is 55.6 Å². The lowest BCUT2D eigenvalue weighted by atomic mass is 10.1. The van der Waals surface area contributed by atoms with E-state index in [0.717, 1.165) is 57.8 Å². The fraction of sp³-hybridized carbons (Fsp3) is 0.769. The van der Waals surface area contributed by atoms with Crippen LogP contribution in [0.5, 0.6) is 0 Å². The predicted octanol–water partition coefficient (Wildman–Crippen LogP) is 9.81. The lowest BCUT2D eigenvalue weighted by Gasteiger charge is -2.21. The standard InChI is InChI=1S/C39H71NO4/c1-3-5-7-9-11-13-15-16-17-18-19-20-21-22-24-25-27-29-31-33-37(42)36(35-41)40-39(44)38(43)34-32-30-28-26-23-14-12-10-8-6-4-2/h12,14,19-20,24-25,31,33,36-38,41-43H,3-11,13,15-18,21-23,26-30,32,34-35H2,1-2H3,(H,40,44)/b14-12-,20-19+,25-24+,33-31+. The second-order valence-corrected chi connectivity index (χ2v) is 12.4. The maximum Gasteiger partial charge on any atom is 0.249 e. The number of hydrogen-bond acceptors (Lipinski definition) is 4. The Labute approximate surface area is 272 Å². The SMILES string of the molecule is CCCCC/C=C\CCCCCCC(O)C(=O)NC(CO)C(O)/C=C/CC/C=C/CC/C=C/CCCCCCCCCCC. The number of rotatable bonds is 32. The largest absolute Gasteiger partial charge is 0.394 e. The van der Waals surface area contributed by atoms with Gasteiger partial charge in [-0.15, -0.1) is 0 Å². The van der Waals surface area contributed by atoms with E-state index < -0.39 is 24.2 Å². The summed E-state index contributed by atoms with van der Waals surface area (Å²) < 4.78 is 0. The van der Waals surface area contributed by atoms with Gasteiger partial charge in [-0.2, -0.15) is 0 Å². The summed E-state index contributed by atoms with van der Waals surface area (Å²) in [5, 5.41) is 32.8. The van der Waals surface area contributed by atoms with Crippen LogP contribution >= 0.6 is 0 Å². The van der Waals surface area contributed by atoms with Crippen LogP contribution in [-0.4, -0.2) is 46.1 Å². The van der Waals surface area contributed by atoms with Crippen LogP contribution in [0.4, 0.5) is 0 Å². The van der Waals surface area contributed by atoms with Crippen LogP contribution in [0.25, 0.3) is 0 Å². The highest BCUT2D eigenvalue weighted by molar-refractivity contribution is 5.80. The molecule has 0 radical (unpaired) electrons. The minimum atomic E-state index is -1.12. The molecule has 256 valence electrons. The van der Waals surface area contributed by atoms with Gasteiger partial charge in [-0.05, 0) is 70.6 Å². The number of unbranched alkanes of at least 4 members (excludes halogenated alkanes) is 18. The average Bonchev–Trinajstić information content (AvgIpc) is 3.03. The molecule has 0 saturated heterocycles. The molecule has 0 bridgehead atoms. The first kappa shape index (κ1) is 42.3. The van der Waals surface area contributed by atoms with Crippen molar-refractivity contribution in [1.82, 2.24) is 5.32 Å². The van der Waals surface area contributed by atoms with Crippen LogP contribution in [0, 0.1) is 0 Å². The Hall–Kier alpha value is -1.69. The Morgan fingerprint density at radius 2 is 0.932 bits per heavy atom. The number of allylic oxidation sites excluding steroid dienone is 7. The molecule has 0 saturated carbocycles. The second-order valence-electron chi connectivity index (χ2n) is 12.4. The van der Waals surface area contributed by atoms with Gasteiger partial charge in [0.05, 0.1) is 18.8 Å². The van der Waals surface area contributed by atoms with Crippen LogP contribution in [0.15, 0.2) is 48.6 Å². The summed E-state index contributed by atoms with van der Waals surface area (Å²) in [6.07, 6.45) is 42.7.